The van der Waals surface area contributed by atoms with Crippen LogP contribution in [-0.4, -0.2) is 19.3 Å². The average molecular weight is 707 g/mol. The number of ether oxygens (including phenoxy) is 1. The van der Waals surface area contributed by atoms with E-state index in [0.29, 0.717) is 0 Å². The standard InChI is InChI=1S/C49H46N4O/c1-3-5-12-27-49(28-13-6-4-2)44-20-9-7-18-40(44)41-25-23-35(30-45(41)49)36-33-51-52(34-36)37-16-15-17-38(31-37)54-39-24-26-43-42-19-8-10-21-46(42)53(47(43)32-39)48-22-11-14-29-50-48/h7-11,14-26,29-34H,3-6,12-13,27-28H2,1-2H3. The Morgan fingerprint density at radius 3 is 2.19 bits per heavy atom. The predicted octanol–water partition coefficient (Wildman–Crippen LogP) is 13.3. The molecule has 5 nitrogen and oxygen atoms in total. The topological polar surface area (TPSA) is 44.9 Å². The summed E-state index contributed by atoms with van der Waals surface area (Å²) in [6.45, 7) is 4.61. The molecule has 54 heavy (non-hydrogen) atoms. The van der Waals surface area contributed by atoms with Crippen molar-refractivity contribution in [1.82, 2.24) is 19.3 Å². The number of unbranched alkanes of at least 4 members (excludes halogenated alkanes) is 4. The first kappa shape index (κ1) is 33.9. The lowest BCUT2D eigenvalue weighted by Crippen LogP contribution is -2.25. The van der Waals surface area contributed by atoms with Crippen LogP contribution in [0.1, 0.15) is 76.3 Å². The van der Waals surface area contributed by atoms with E-state index in [1.807, 2.05) is 53.5 Å². The van der Waals surface area contributed by atoms with Gasteiger partial charge in [0.05, 0.1) is 22.9 Å². The summed E-state index contributed by atoms with van der Waals surface area (Å²) in [5.74, 6) is 2.40. The SMILES string of the molecule is CCCCCC1(CCCCC)c2ccccc2-c2ccc(-c3cnn(-c4cccc(Oc5ccc6c7ccccc7n(-c7ccccn7)c6c5)c4)c3)cc21. The van der Waals surface area contributed by atoms with Crippen LogP contribution in [0.2, 0.25) is 0 Å². The van der Waals surface area contributed by atoms with Crippen molar-refractivity contribution in [1.29, 1.82) is 0 Å². The van der Waals surface area contributed by atoms with Gasteiger partial charge in [-0.25, -0.2) is 9.67 Å². The highest BCUT2D eigenvalue weighted by Crippen LogP contribution is 2.55. The monoisotopic (exact) mass is 706 g/mol. The number of fused-ring (bicyclic) bond motifs is 6. The van der Waals surface area contributed by atoms with Crippen molar-refractivity contribution in [3.8, 4) is 45.3 Å². The van der Waals surface area contributed by atoms with Crippen molar-refractivity contribution in [2.75, 3.05) is 0 Å². The molecule has 1 aliphatic carbocycles. The molecular weight excluding hydrogens is 661 g/mol. The molecule has 0 saturated heterocycles. The molecule has 1 aliphatic rings. The summed E-state index contributed by atoms with van der Waals surface area (Å²) in [5.41, 5.74) is 11.3. The normalized spacial score (nSPS) is 13.0. The van der Waals surface area contributed by atoms with Gasteiger partial charge in [0.25, 0.3) is 0 Å². The molecule has 3 aromatic heterocycles. The number of para-hydroxylation sites is 1. The maximum absolute atomic E-state index is 6.54. The van der Waals surface area contributed by atoms with Crippen molar-refractivity contribution in [3.63, 3.8) is 0 Å². The average Bonchev–Trinajstić information content (AvgIpc) is 3.91. The Morgan fingerprint density at radius 2 is 1.35 bits per heavy atom. The maximum atomic E-state index is 6.54. The van der Waals surface area contributed by atoms with E-state index in [4.69, 9.17) is 9.84 Å². The summed E-state index contributed by atoms with van der Waals surface area (Å²) in [6, 6.07) is 45.3. The number of nitrogens with zero attached hydrogens (tertiary/aromatic N) is 4. The minimum Gasteiger partial charge on any atom is -0.457 e. The van der Waals surface area contributed by atoms with E-state index < -0.39 is 0 Å². The molecule has 0 amide bonds. The second-order valence-electron chi connectivity index (χ2n) is 14.8. The molecule has 0 N–H and O–H groups in total. The molecule has 8 aromatic rings. The fraction of sp³-hybridized carbons (Fsp3) is 0.224. The van der Waals surface area contributed by atoms with E-state index in [0.717, 1.165) is 45.0 Å². The van der Waals surface area contributed by atoms with Gasteiger partial charge in [0.1, 0.15) is 17.3 Å². The molecule has 3 heterocycles. The number of rotatable bonds is 13. The van der Waals surface area contributed by atoms with Crippen LogP contribution in [0.25, 0.3) is 55.6 Å². The highest BCUT2D eigenvalue weighted by Gasteiger charge is 2.42. The van der Waals surface area contributed by atoms with E-state index in [1.54, 1.807) is 0 Å². The summed E-state index contributed by atoms with van der Waals surface area (Å²) in [4.78, 5) is 4.68. The molecule has 268 valence electrons. The molecule has 5 heteroatoms. The van der Waals surface area contributed by atoms with Crippen molar-refractivity contribution in [2.24, 2.45) is 0 Å². The highest BCUT2D eigenvalue weighted by molar-refractivity contribution is 6.09. The fourth-order valence-electron chi connectivity index (χ4n) is 8.84. The Labute approximate surface area is 317 Å². The van der Waals surface area contributed by atoms with Gasteiger partial charge in [-0.05, 0) is 89.2 Å². The van der Waals surface area contributed by atoms with Crippen molar-refractivity contribution < 1.29 is 4.74 Å². The van der Waals surface area contributed by atoms with Gasteiger partial charge in [-0.15, -0.1) is 0 Å². The third-order valence-corrected chi connectivity index (χ3v) is 11.4. The Kier molecular flexibility index (Phi) is 9.08. The maximum Gasteiger partial charge on any atom is 0.137 e. The summed E-state index contributed by atoms with van der Waals surface area (Å²) in [5, 5.41) is 7.21. The minimum atomic E-state index is 0.0585. The van der Waals surface area contributed by atoms with E-state index >= 15 is 0 Å². The molecule has 9 rings (SSSR count). The Hall–Kier alpha value is -5.94. The first-order valence-corrected chi connectivity index (χ1v) is 19.7. The zero-order chi connectivity index (χ0) is 36.5. The molecular formula is C49H46N4O. The molecule has 0 fully saturated rings. The number of benzene rings is 5. The fourth-order valence-corrected chi connectivity index (χ4v) is 8.84. The molecule has 0 bridgehead atoms. The summed E-state index contributed by atoms with van der Waals surface area (Å²) >= 11 is 0. The summed E-state index contributed by atoms with van der Waals surface area (Å²) in [7, 11) is 0. The molecule has 0 spiro atoms. The number of aromatic nitrogens is 4. The minimum absolute atomic E-state index is 0.0585. The second-order valence-corrected chi connectivity index (χ2v) is 14.8. The summed E-state index contributed by atoms with van der Waals surface area (Å²) < 4.78 is 10.7. The number of pyridine rings is 1. The highest BCUT2D eigenvalue weighted by atomic mass is 16.5. The Balaban J connectivity index is 1.03. The van der Waals surface area contributed by atoms with Crippen LogP contribution in [0.3, 0.4) is 0 Å². The van der Waals surface area contributed by atoms with Gasteiger partial charge < -0.3 is 4.74 Å². The van der Waals surface area contributed by atoms with Gasteiger partial charge in [-0.2, -0.15) is 5.10 Å². The molecule has 0 atom stereocenters. The smallest absolute Gasteiger partial charge is 0.137 e. The van der Waals surface area contributed by atoms with Crippen molar-refractivity contribution in [3.05, 3.63) is 157 Å². The van der Waals surface area contributed by atoms with Crippen LogP contribution >= 0.6 is 0 Å². The zero-order valence-corrected chi connectivity index (χ0v) is 31.2. The van der Waals surface area contributed by atoms with Crippen LogP contribution in [0.5, 0.6) is 11.5 Å². The first-order chi connectivity index (χ1) is 26.7. The van der Waals surface area contributed by atoms with Crippen LogP contribution in [0.15, 0.2) is 146 Å². The lowest BCUT2D eigenvalue weighted by atomic mass is 9.70. The molecule has 0 unspecified atom stereocenters. The van der Waals surface area contributed by atoms with E-state index in [-0.39, 0.29) is 5.41 Å². The molecule has 0 radical (unpaired) electrons. The Bertz CT molecular complexity index is 2570. The van der Waals surface area contributed by atoms with Gasteiger partial charge in [0, 0.05) is 46.3 Å². The largest absolute Gasteiger partial charge is 0.457 e. The van der Waals surface area contributed by atoms with Gasteiger partial charge in [-0.3, -0.25) is 4.57 Å². The van der Waals surface area contributed by atoms with E-state index in [1.165, 1.54) is 84.6 Å². The number of hydrogen-bond acceptors (Lipinski definition) is 3. The second kappa shape index (κ2) is 14.5. The third-order valence-electron chi connectivity index (χ3n) is 11.4. The lowest BCUT2D eigenvalue weighted by Gasteiger charge is -2.33. The Morgan fingerprint density at radius 1 is 0.593 bits per heavy atom. The van der Waals surface area contributed by atoms with Gasteiger partial charge >= 0.3 is 0 Å². The third kappa shape index (κ3) is 5.98. The zero-order valence-electron chi connectivity index (χ0n) is 31.2. The molecule has 5 aromatic carbocycles. The molecule has 0 aliphatic heterocycles. The van der Waals surface area contributed by atoms with Crippen LogP contribution < -0.4 is 4.74 Å². The molecule has 0 saturated carbocycles. The van der Waals surface area contributed by atoms with Gasteiger partial charge in [0.2, 0.25) is 0 Å². The van der Waals surface area contributed by atoms with Crippen LogP contribution in [0, 0.1) is 0 Å². The van der Waals surface area contributed by atoms with Crippen LogP contribution in [-0.2, 0) is 5.41 Å². The first-order valence-electron chi connectivity index (χ1n) is 19.7. The summed E-state index contributed by atoms with van der Waals surface area (Å²) in [6.07, 6.45) is 15.9. The van der Waals surface area contributed by atoms with E-state index in [9.17, 15) is 0 Å². The number of hydrogen-bond donors (Lipinski definition) is 0. The van der Waals surface area contributed by atoms with Crippen molar-refractivity contribution >= 4 is 21.8 Å². The van der Waals surface area contributed by atoms with Gasteiger partial charge in [-0.1, -0.05) is 119 Å². The van der Waals surface area contributed by atoms with Gasteiger partial charge in [0.15, 0.2) is 0 Å². The van der Waals surface area contributed by atoms with Crippen molar-refractivity contribution in [2.45, 2.75) is 70.6 Å². The predicted molar refractivity (Wildman–Crippen MR) is 222 cm³/mol. The van der Waals surface area contributed by atoms with E-state index in [2.05, 4.69) is 121 Å². The van der Waals surface area contributed by atoms with Crippen LogP contribution in [0.4, 0.5) is 0 Å². The lowest BCUT2D eigenvalue weighted by molar-refractivity contribution is 0.405. The quantitative estimate of drug-likeness (QED) is 0.112.